The smallest absolute Gasteiger partial charge is 0.259 e. The van der Waals surface area contributed by atoms with Crippen molar-refractivity contribution < 1.29 is 19.1 Å². The van der Waals surface area contributed by atoms with Crippen molar-refractivity contribution in [3.8, 4) is 5.75 Å². The van der Waals surface area contributed by atoms with Gasteiger partial charge in [0.15, 0.2) is 0 Å². The highest BCUT2D eigenvalue weighted by Crippen LogP contribution is 2.29. The number of benzene rings is 2. The molecular weight excluding hydrogens is 405 g/mol. The number of carbonyl (C=O) groups is 2. The van der Waals surface area contributed by atoms with Crippen LogP contribution in [0.5, 0.6) is 5.75 Å². The molecule has 4 N–H and O–H groups in total. The maximum Gasteiger partial charge on any atom is 0.259 e. The third kappa shape index (κ3) is 5.07. The van der Waals surface area contributed by atoms with Gasteiger partial charge in [-0.05, 0) is 43.2 Å². The summed E-state index contributed by atoms with van der Waals surface area (Å²) in [5, 5.41) is 5.83. The maximum atomic E-state index is 12.5. The Morgan fingerprint density at radius 2 is 1.82 bits per heavy atom. The van der Waals surface area contributed by atoms with E-state index in [1.54, 1.807) is 24.3 Å². The molecule has 1 saturated heterocycles. The number of hydrogen-bond donors (Lipinski definition) is 3. The molecule has 0 aliphatic carbocycles. The molecule has 2 amide bonds. The van der Waals surface area contributed by atoms with Gasteiger partial charge in [-0.25, -0.2) is 0 Å². The van der Waals surface area contributed by atoms with Gasteiger partial charge in [0.25, 0.3) is 11.8 Å². The Morgan fingerprint density at radius 1 is 1.18 bits per heavy atom. The van der Waals surface area contributed by atoms with Gasteiger partial charge >= 0.3 is 0 Å². The van der Waals surface area contributed by atoms with Crippen LogP contribution in [0.25, 0.3) is 0 Å². The quantitative estimate of drug-likeness (QED) is 0.633. The van der Waals surface area contributed by atoms with Crippen molar-refractivity contribution in [2.75, 3.05) is 30.1 Å². The van der Waals surface area contributed by atoms with Crippen LogP contribution in [0.1, 0.15) is 23.2 Å². The Kier molecular flexibility index (Phi) is 7.51. The lowest BCUT2D eigenvalue weighted by Gasteiger charge is -2.13. The van der Waals surface area contributed by atoms with Crippen LogP contribution in [-0.2, 0) is 9.53 Å². The second-order valence-electron chi connectivity index (χ2n) is 6.10. The summed E-state index contributed by atoms with van der Waals surface area (Å²) in [6.07, 6.45) is 1.22. The van der Waals surface area contributed by atoms with Crippen LogP contribution < -0.4 is 21.1 Å². The lowest BCUT2D eigenvalue weighted by atomic mass is 10.1. The minimum absolute atomic E-state index is 0. The molecule has 0 saturated carbocycles. The third-order valence-corrected chi connectivity index (χ3v) is 4.52. The molecule has 1 aliphatic rings. The molecule has 9 heteroatoms. The Balaban J connectivity index is 0.00000280. The van der Waals surface area contributed by atoms with E-state index in [9.17, 15) is 9.59 Å². The molecule has 0 aromatic heterocycles. The summed E-state index contributed by atoms with van der Waals surface area (Å²) >= 11 is 6.00. The number of halogens is 2. The summed E-state index contributed by atoms with van der Waals surface area (Å²) in [6, 6.07) is 9.75. The number of nitrogens with one attached hydrogen (secondary N) is 2. The number of amides is 2. The number of anilines is 3. The number of nitrogens with two attached hydrogens (primary N) is 1. The van der Waals surface area contributed by atoms with Crippen molar-refractivity contribution >= 4 is 52.9 Å². The second kappa shape index (κ2) is 9.64. The summed E-state index contributed by atoms with van der Waals surface area (Å²) in [4.78, 5) is 24.6. The first-order valence-corrected chi connectivity index (χ1v) is 8.82. The molecular formula is C19H21Cl2N3O4. The molecule has 150 valence electrons. The highest BCUT2D eigenvalue weighted by molar-refractivity contribution is 6.33. The zero-order chi connectivity index (χ0) is 19.4. The van der Waals surface area contributed by atoms with Crippen LogP contribution in [0.15, 0.2) is 36.4 Å². The lowest BCUT2D eigenvalue weighted by molar-refractivity contribution is -0.124. The van der Waals surface area contributed by atoms with Crippen LogP contribution in [0.2, 0.25) is 5.02 Å². The van der Waals surface area contributed by atoms with Crippen molar-refractivity contribution in [2.45, 2.75) is 18.9 Å². The molecule has 1 unspecified atom stereocenters. The Labute approximate surface area is 173 Å². The van der Waals surface area contributed by atoms with Gasteiger partial charge in [-0.1, -0.05) is 11.6 Å². The van der Waals surface area contributed by atoms with E-state index in [-0.39, 0.29) is 34.8 Å². The molecule has 1 atom stereocenters. The van der Waals surface area contributed by atoms with Gasteiger partial charge in [0, 0.05) is 24.0 Å². The van der Waals surface area contributed by atoms with Crippen LogP contribution in [0, 0.1) is 0 Å². The van der Waals surface area contributed by atoms with E-state index in [0.717, 1.165) is 12.8 Å². The molecule has 0 spiro atoms. The van der Waals surface area contributed by atoms with E-state index in [4.69, 9.17) is 26.8 Å². The van der Waals surface area contributed by atoms with Gasteiger partial charge in [0.2, 0.25) is 0 Å². The third-order valence-electron chi connectivity index (χ3n) is 4.20. The summed E-state index contributed by atoms with van der Waals surface area (Å²) < 4.78 is 10.5. The largest absolute Gasteiger partial charge is 0.496 e. The molecule has 1 heterocycles. The Hall–Kier alpha value is -2.48. The molecule has 2 aromatic rings. The summed E-state index contributed by atoms with van der Waals surface area (Å²) in [5.41, 5.74) is 7.52. The van der Waals surface area contributed by atoms with Gasteiger partial charge in [0.1, 0.15) is 11.9 Å². The van der Waals surface area contributed by atoms with Gasteiger partial charge in [-0.3, -0.25) is 9.59 Å². The van der Waals surface area contributed by atoms with E-state index in [1.807, 2.05) is 0 Å². The molecule has 1 fully saturated rings. The Bertz CT molecular complexity index is 853. The Morgan fingerprint density at radius 3 is 2.39 bits per heavy atom. The van der Waals surface area contributed by atoms with Crippen molar-refractivity contribution in [1.29, 1.82) is 0 Å². The highest BCUT2D eigenvalue weighted by Gasteiger charge is 2.23. The van der Waals surface area contributed by atoms with Crippen molar-refractivity contribution in [3.63, 3.8) is 0 Å². The average Bonchev–Trinajstić information content (AvgIpc) is 3.20. The number of rotatable bonds is 5. The predicted molar refractivity (Wildman–Crippen MR) is 112 cm³/mol. The van der Waals surface area contributed by atoms with Crippen molar-refractivity contribution in [2.24, 2.45) is 0 Å². The van der Waals surface area contributed by atoms with E-state index in [2.05, 4.69) is 10.6 Å². The summed E-state index contributed by atoms with van der Waals surface area (Å²) in [7, 11) is 1.45. The van der Waals surface area contributed by atoms with Gasteiger partial charge in [-0.15, -0.1) is 12.4 Å². The number of hydrogen-bond acceptors (Lipinski definition) is 5. The maximum absolute atomic E-state index is 12.5. The minimum Gasteiger partial charge on any atom is -0.496 e. The van der Waals surface area contributed by atoms with Gasteiger partial charge in [-0.2, -0.15) is 0 Å². The fourth-order valence-electron chi connectivity index (χ4n) is 2.76. The monoisotopic (exact) mass is 425 g/mol. The summed E-state index contributed by atoms with van der Waals surface area (Å²) in [5.74, 6) is -0.217. The molecule has 3 rings (SSSR count). The second-order valence-corrected chi connectivity index (χ2v) is 6.50. The lowest BCUT2D eigenvalue weighted by Crippen LogP contribution is -2.26. The first-order chi connectivity index (χ1) is 13.0. The molecule has 0 radical (unpaired) electrons. The SMILES string of the molecule is COc1cc(N)c(Cl)cc1C(=O)Nc1ccc(NC(=O)C2CCCO2)cc1.Cl. The number of methoxy groups -OCH3 is 1. The van der Waals surface area contributed by atoms with Crippen LogP contribution in [-0.4, -0.2) is 31.6 Å². The average molecular weight is 426 g/mol. The van der Waals surface area contributed by atoms with Crippen molar-refractivity contribution in [3.05, 3.63) is 47.0 Å². The number of nitrogen functional groups attached to an aromatic ring is 1. The van der Waals surface area contributed by atoms with E-state index in [0.29, 0.717) is 29.4 Å². The van der Waals surface area contributed by atoms with E-state index >= 15 is 0 Å². The topological polar surface area (TPSA) is 103 Å². The first kappa shape index (κ1) is 21.8. The molecule has 0 bridgehead atoms. The zero-order valence-electron chi connectivity index (χ0n) is 15.2. The molecule has 2 aromatic carbocycles. The highest BCUT2D eigenvalue weighted by atomic mass is 35.5. The number of ether oxygens (including phenoxy) is 2. The van der Waals surface area contributed by atoms with Crippen LogP contribution >= 0.6 is 24.0 Å². The molecule has 1 aliphatic heterocycles. The van der Waals surface area contributed by atoms with E-state index in [1.165, 1.54) is 19.2 Å². The zero-order valence-corrected chi connectivity index (χ0v) is 16.7. The van der Waals surface area contributed by atoms with Crippen LogP contribution in [0.3, 0.4) is 0 Å². The standard InChI is InChI=1S/C19H20ClN3O4.ClH/c1-26-17-10-15(21)14(20)9-13(17)18(24)22-11-4-6-12(7-5-11)23-19(25)16-3-2-8-27-16;/h4-7,9-10,16H,2-3,8,21H2,1H3,(H,22,24)(H,23,25);1H. The van der Waals surface area contributed by atoms with Crippen molar-refractivity contribution in [1.82, 2.24) is 0 Å². The first-order valence-electron chi connectivity index (χ1n) is 8.45. The van der Waals surface area contributed by atoms with Crippen LogP contribution in [0.4, 0.5) is 17.1 Å². The fourth-order valence-corrected chi connectivity index (χ4v) is 2.92. The molecule has 28 heavy (non-hydrogen) atoms. The van der Waals surface area contributed by atoms with Gasteiger partial charge in [0.05, 0.1) is 23.4 Å². The summed E-state index contributed by atoms with van der Waals surface area (Å²) in [6.45, 7) is 0.613. The normalized spacial score (nSPS) is 15.4. The predicted octanol–water partition coefficient (Wildman–Crippen LogP) is 3.72. The number of carbonyl (C=O) groups excluding carboxylic acids is 2. The minimum atomic E-state index is -0.396. The van der Waals surface area contributed by atoms with E-state index < -0.39 is 6.10 Å². The molecule has 7 nitrogen and oxygen atoms in total. The fraction of sp³-hybridized carbons (Fsp3) is 0.263. The van der Waals surface area contributed by atoms with Gasteiger partial charge < -0.3 is 25.8 Å².